The molecule has 2 aromatic rings. The van der Waals surface area contributed by atoms with E-state index in [1.807, 2.05) is 25.3 Å². The second-order valence-corrected chi connectivity index (χ2v) is 7.67. The predicted octanol–water partition coefficient (Wildman–Crippen LogP) is 4.42. The number of rotatable bonds is 5. The predicted molar refractivity (Wildman–Crippen MR) is 100 cm³/mol. The first-order valence-electron chi connectivity index (χ1n) is 8.05. The van der Waals surface area contributed by atoms with Gasteiger partial charge >= 0.3 is 5.97 Å². The van der Waals surface area contributed by atoms with E-state index in [9.17, 15) is 9.59 Å². The Balaban J connectivity index is 2.41. The Labute approximate surface area is 153 Å². The number of ketones is 1. The minimum Gasteiger partial charge on any atom is -0.459 e. The van der Waals surface area contributed by atoms with Crippen LogP contribution in [0.3, 0.4) is 0 Å². The maximum atomic E-state index is 13.0. The molecule has 0 spiro atoms. The third-order valence-corrected chi connectivity index (χ3v) is 4.29. The van der Waals surface area contributed by atoms with Gasteiger partial charge in [-0.1, -0.05) is 12.1 Å². The highest BCUT2D eigenvalue weighted by atomic mass is 32.2. The van der Waals surface area contributed by atoms with Gasteiger partial charge in [0, 0.05) is 22.3 Å². The molecule has 1 aromatic carbocycles. The number of esters is 1. The fourth-order valence-electron chi connectivity index (χ4n) is 2.33. The lowest BCUT2D eigenvalue weighted by Crippen LogP contribution is -2.31. The van der Waals surface area contributed by atoms with E-state index in [1.165, 1.54) is 6.20 Å². The van der Waals surface area contributed by atoms with E-state index in [0.717, 1.165) is 10.6 Å². The first-order chi connectivity index (χ1) is 11.7. The summed E-state index contributed by atoms with van der Waals surface area (Å²) in [6.45, 7) is 7.21. The summed E-state index contributed by atoms with van der Waals surface area (Å²) in [6, 6.07) is 10.9. The van der Waals surface area contributed by atoms with Gasteiger partial charge in [-0.05, 0) is 63.8 Å². The Hall–Kier alpha value is -2.14. The number of benzene rings is 1. The monoisotopic (exact) mass is 357 g/mol. The standard InChI is InChI=1S/C20H23NO3S/c1-13-6-7-15(12-21-13)18(22)17(19(23)24-20(2,3)4)14-8-10-16(25-5)11-9-14/h6-12,17H,1-5H3. The van der Waals surface area contributed by atoms with Crippen molar-refractivity contribution in [2.45, 2.75) is 44.1 Å². The van der Waals surface area contributed by atoms with E-state index in [-0.39, 0.29) is 5.78 Å². The van der Waals surface area contributed by atoms with Crippen molar-refractivity contribution in [3.05, 3.63) is 59.4 Å². The van der Waals surface area contributed by atoms with Crippen LogP contribution in [0.15, 0.2) is 47.5 Å². The number of carbonyl (C=O) groups excluding carboxylic acids is 2. The first-order valence-corrected chi connectivity index (χ1v) is 9.27. The van der Waals surface area contributed by atoms with E-state index < -0.39 is 17.5 Å². The summed E-state index contributed by atoms with van der Waals surface area (Å²) in [6.07, 6.45) is 3.48. The van der Waals surface area contributed by atoms with Gasteiger partial charge in [0.2, 0.25) is 0 Å². The third kappa shape index (κ3) is 5.16. The Morgan fingerprint density at radius 1 is 1.08 bits per heavy atom. The summed E-state index contributed by atoms with van der Waals surface area (Å²) in [7, 11) is 0. The topological polar surface area (TPSA) is 56.3 Å². The molecule has 132 valence electrons. The Morgan fingerprint density at radius 2 is 1.72 bits per heavy atom. The van der Waals surface area contributed by atoms with E-state index in [1.54, 1.807) is 56.8 Å². The second kappa shape index (κ2) is 7.83. The van der Waals surface area contributed by atoms with Gasteiger partial charge in [-0.3, -0.25) is 14.6 Å². The number of carbonyl (C=O) groups is 2. The molecule has 1 heterocycles. The van der Waals surface area contributed by atoms with Crippen molar-refractivity contribution in [1.29, 1.82) is 0 Å². The van der Waals surface area contributed by atoms with Crippen LogP contribution in [-0.2, 0) is 9.53 Å². The molecular formula is C20H23NO3S. The zero-order valence-corrected chi connectivity index (χ0v) is 16.0. The average molecular weight is 357 g/mol. The number of thioether (sulfide) groups is 1. The molecule has 1 aromatic heterocycles. The van der Waals surface area contributed by atoms with Crippen LogP contribution < -0.4 is 0 Å². The van der Waals surface area contributed by atoms with Crippen molar-refractivity contribution in [1.82, 2.24) is 4.98 Å². The number of hydrogen-bond donors (Lipinski definition) is 0. The van der Waals surface area contributed by atoms with Gasteiger partial charge in [-0.25, -0.2) is 0 Å². The lowest BCUT2D eigenvalue weighted by atomic mass is 9.91. The van der Waals surface area contributed by atoms with Crippen molar-refractivity contribution in [2.75, 3.05) is 6.26 Å². The number of pyridine rings is 1. The SMILES string of the molecule is CSc1ccc(C(C(=O)OC(C)(C)C)C(=O)c2ccc(C)nc2)cc1. The quantitative estimate of drug-likeness (QED) is 0.343. The molecule has 2 rings (SSSR count). The summed E-state index contributed by atoms with van der Waals surface area (Å²) in [5, 5.41) is 0. The Bertz CT molecular complexity index is 746. The van der Waals surface area contributed by atoms with Crippen molar-refractivity contribution < 1.29 is 14.3 Å². The fourth-order valence-corrected chi connectivity index (χ4v) is 2.74. The third-order valence-electron chi connectivity index (χ3n) is 3.55. The molecule has 0 N–H and O–H groups in total. The maximum Gasteiger partial charge on any atom is 0.321 e. The summed E-state index contributed by atoms with van der Waals surface area (Å²) >= 11 is 1.60. The molecule has 0 amide bonds. The molecule has 1 unspecified atom stereocenters. The van der Waals surface area contributed by atoms with E-state index >= 15 is 0 Å². The molecule has 0 fully saturated rings. The van der Waals surface area contributed by atoms with Gasteiger partial charge in [-0.15, -0.1) is 11.8 Å². The van der Waals surface area contributed by atoms with Gasteiger partial charge in [0.1, 0.15) is 11.5 Å². The van der Waals surface area contributed by atoms with Crippen LogP contribution in [0.5, 0.6) is 0 Å². The van der Waals surface area contributed by atoms with Gasteiger partial charge in [0.25, 0.3) is 0 Å². The molecule has 0 radical (unpaired) electrons. The number of nitrogens with zero attached hydrogens (tertiary/aromatic N) is 1. The van der Waals surface area contributed by atoms with Gasteiger partial charge in [0.05, 0.1) is 0 Å². The van der Waals surface area contributed by atoms with E-state index in [0.29, 0.717) is 11.1 Å². The van der Waals surface area contributed by atoms with Crippen molar-refractivity contribution in [3.8, 4) is 0 Å². The largest absolute Gasteiger partial charge is 0.459 e. The van der Waals surface area contributed by atoms with Gasteiger partial charge in [-0.2, -0.15) is 0 Å². The molecule has 5 heteroatoms. The molecule has 25 heavy (non-hydrogen) atoms. The highest BCUT2D eigenvalue weighted by Crippen LogP contribution is 2.27. The molecule has 0 aliphatic rings. The molecule has 0 bridgehead atoms. The molecule has 0 aliphatic heterocycles. The molecule has 0 saturated carbocycles. The van der Waals surface area contributed by atoms with Crippen LogP contribution in [0.1, 0.15) is 48.3 Å². The highest BCUT2D eigenvalue weighted by Gasteiger charge is 2.33. The number of aromatic nitrogens is 1. The lowest BCUT2D eigenvalue weighted by Gasteiger charge is -2.23. The molecule has 0 saturated heterocycles. The molecule has 1 atom stereocenters. The molecule has 0 aliphatic carbocycles. The molecule has 4 nitrogen and oxygen atoms in total. The minimum absolute atomic E-state index is 0.307. The summed E-state index contributed by atoms with van der Waals surface area (Å²) in [5.74, 6) is -1.85. The fraction of sp³-hybridized carbons (Fsp3) is 0.350. The smallest absolute Gasteiger partial charge is 0.321 e. The minimum atomic E-state index is -1.00. The highest BCUT2D eigenvalue weighted by molar-refractivity contribution is 7.98. The zero-order valence-electron chi connectivity index (χ0n) is 15.2. The van der Waals surface area contributed by atoms with Crippen molar-refractivity contribution in [3.63, 3.8) is 0 Å². The second-order valence-electron chi connectivity index (χ2n) is 6.79. The number of aryl methyl sites for hydroxylation is 1. The van der Waals surface area contributed by atoms with Crippen LogP contribution in [-0.4, -0.2) is 28.6 Å². The van der Waals surface area contributed by atoms with E-state index in [2.05, 4.69) is 4.98 Å². The van der Waals surface area contributed by atoms with Crippen molar-refractivity contribution in [2.24, 2.45) is 0 Å². The van der Waals surface area contributed by atoms with Crippen LogP contribution in [0.2, 0.25) is 0 Å². The number of ether oxygens (including phenoxy) is 1. The Kier molecular flexibility index (Phi) is 6.01. The van der Waals surface area contributed by atoms with Crippen LogP contribution in [0.4, 0.5) is 0 Å². The lowest BCUT2D eigenvalue weighted by molar-refractivity contribution is -0.155. The van der Waals surface area contributed by atoms with Gasteiger partial charge < -0.3 is 4.74 Å². The van der Waals surface area contributed by atoms with Crippen LogP contribution in [0.25, 0.3) is 0 Å². The number of Topliss-reactive ketones (excluding diaryl/α,β-unsaturated/α-hetero) is 1. The van der Waals surface area contributed by atoms with Gasteiger partial charge in [0.15, 0.2) is 5.78 Å². The maximum absolute atomic E-state index is 13.0. The summed E-state index contributed by atoms with van der Waals surface area (Å²) in [5.41, 5.74) is 1.17. The normalized spacial score (nSPS) is 12.5. The average Bonchev–Trinajstić information content (AvgIpc) is 2.54. The number of hydrogen-bond acceptors (Lipinski definition) is 5. The zero-order chi connectivity index (χ0) is 18.6. The Morgan fingerprint density at radius 3 is 2.20 bits per heavy atom. The van der Waals surface area contributed by atoms with Crippen molar-refractivity contribution >= 4 is 23.5 Å². The molecular weight excluding hydrogens is 334 g/mol. The summed E-state index contributed by atoms with van der Waals surface area (Å²) < 4.78 is 5.49. The summed E-state index contributed by atoms with van der Waals surface area (Å²) in [4.78, 5) is 30.9. The first kappa shape index (κ1) is 19.2. The van der Waals surface area contributed by atoms with Crippen LogP contribution in [0, 0.1) is 6.92 Å². The van der Waals surface area contributed by atoms with Crippen LogP contribution >= 0.6 is 11.8 Å². The van der Waals surface area contributed by atoms with E-state index in [4.69, 9.17) is 4.74 Å².